The fraction of sp³-hybridized carbons (Fsp3) is 0.667. The Hall–Kier alpha value is -1.85. The van der Waals surface area contributed by atoms with E-state index in [1.807, 2.05) is 25.1 Å². The number of anilines is 2. The monoisotopic (exact) mass is 289 g/mol. The normalized spacial score (nSPS) is 19.4. The summed E-state index contributed by atoms with van der Waals surface area (Å²) in [6.45, 7) is 1.76. The summed E-state index contributed by atoms with van der Waals surface area (Å²) in [5.41, 5.74) is 0. The van der Waals surface area contributed by atoms with Crippen LogP contribution < -0.4 is 15.1 Å². The fourth-order valence-corrected chi connectivity index (χ4v) is 2.67. The molecule has 114 valence electrons. The van der Waals surface area contributed by atoms with Crippen LogP contribution in [0.5, 0.6) is 0 Å². The number of nitrogens with one attached hydrogen (secondary N) is 1. The third-order valence-corrected chi connectivity index (χ3v) is 4.21. The van der Waals surface area contributed by atoms with Crippen molar-refractivity contribution in [3.63, 3.8) is 0 Å². The minimum atomic E-state index is 0.164. The number of piperidine rings is 1. The van der Waals surface area contributed by atoms with E-state index in [1.165, 1.54) is 0 Å². The van der Waals surface area contributed by atoms with E-state index in [-0.39, 0.29) is 11.8 Å². The number of rotatable bonds is 4. The fourth-order valence-electron chi connectivity index (χ4n) is 2.67. The number of hydrogen-bond donors (Lipinski definition) is 1. The molecule has 1 aromatic heterocycles. The Kier molecular flexibility index (Phi) is 3.94. The lowest BCUT2D eigenvalue weighted by molar-refractivity contribution is -0.125. The number of nitrogens with zero attached hydrogens (tertiary/aromatic N) is 4. The minimum absolute atomic E-state index is 0.164. The third kappa shape index (κ3) is 3.43. The molecule has 1 aliphatic heterocycles. The maximum absolute atomic E-state index is 12.1. The molecule has 0 radical (unpaired) electrons. The molecule has 0 aromatic carbocycles. The molecule has 1 aliphatic carbocycles. The van der Waals surface area contributed by atoms with Crippen molar-refractivity contribution >= 4 is 17.5 Å². The highest BCUT2D eigenvalue weighted by Gasteiger charge is 2.30. The average molecular weight is 289 g/mol. The van der Waals surface area contributed by atoms with E-state index in [2.05, 4.69) is 20.2 Å². The SMILES string of the molecule is CN(C)c1cc(N2CCC(C(=O)NC3CC3)CC2)ncn1. The largest absolute Gasteiger partial charge is 0.363 e. The standard InChI is InChI=1S/C15H23N5O/c1-19(2)13-9-14(17-10-16-13)20-7-5-11(6-8-20)15(21)18-12-3-4-12/h9-12H,3-8H2,1-2H3,(H,18,21). The van der Waals surface area contributed by atoms with Gasteiger partial charge < -0.3 is 15.1 Å². The summed E-state index contributed by atoms with van der Waals surface area (Å²) in [5.74, 6) is 2.27. The highest BCUT2D eigenvalue weighted by atomic mass is 16.2. The molecule has 3 rings (SSSR count). The molecule has 1 aromatic rings. The lowest BCUT2D eigenvalue weighted by atomic mass is 9.96. The highest BCUT2D eigenvalue weighted by molar-refractivity contribution is 5.79. The predicted molar refractivity (Wildman–Crippen MR) is 82.5 cm³/mol. The van der Waals surface area contributed by atoms with E-state index in [1.54, 1.807) is 6.33 Å². The number of aromatic nitrogens is 2. The molecular weight excluding hydrogens is 266 g/mol. The van der Waals surface area contributed by atoms with Crippen LogP contribution in [0.2, 0.25) is 0 Å². The van der Waals surface area contributed by atoms with E-state index in [0.29, 0.717) is 6.04 Å². The number of amides is 1. The quantitative estimate of drug-likeness (QED) is 0.897. The van der Waals surface area contributed by atoms with E-state index >= 15 is 0 Å². The average Bonchev–Trinajstić information content (AvgIpc) is 3.31. The summed E-state index contributed by atoms with van der Waals surface area (Å²) >= 11 is 0. The molecule has 1 amide bonds. The van der Waals surface area contributed by atoms with Gasteiger partial charge in [0.15, 0.2) is 0 Å². The molecule has 0 bridgehead atoms. The highest BCUT2D eigenvalue weighted by Crippen LogP contribution is 2.25. The zero-order chi connectivity index (χ0) is 14.8. The van der Waals surface area contributed by atoms with Crippen LogP contribution >= 0.6 is 0 Å². The van der Waals surface area contributed by atoms with Crippen molar-refractivity contribution in [3.05, 3.63) is 12.4 Å². The minimum Gasteiger partial charge on any atom is -0.363 e. The van der Waals surface area contributed by atoms with Crippen molar-refractivity contribution < 1.29 is 4.79 Å². The first kappa shape index (κ1) is 14.1. The van der Waals surface area contributed by atoms with E-state index in [4.69, 9.17) is 0 Å². The Morgan fingerprint density at radius 1 is 1.24 bits per heavy atom. The number of hydrogen-bond acceptors (Lipinski definition) is 5. The van der Waals surface area contributed by atoms with Crippen molar-refractivity contribution in [2.24, 2.45) is 5.92 Å². The molecule has 1 saturated carbocycles. The second-order valence-electron chi connectivity index (χ2n) is 6.17. The summed E-state index contributed by atoms with van der Waals surface area (Å²) in [7, 11) is 3.95. The van der Waals surface area contributed by atoms with Gasteiger partial charge in [0.2, 0.25) is 5.91 Å². The van der Waals surface area contributed by atoms with E-state index in [0.717, 1.165) is 50.4 Å². The summed E-state index contributed by atoms with van der Waals surface area (Å²) in [4.78, 5) is 24.9. The van der Waals surface area contributed by atoms with Crippen molar-refractivity contribution in [2.75, 3.05) is 37.0 Å². The Labute approximate surface area is 125 Å². The Morgan fingerprint density at radius 3 is 2.57 bits per heavy atom. The van der Waals surface area contributed by atoms with Gasteiger partial charge in [0.25, 0.3) is 0 Å². The summed E-state index contributed by atoms with van der Waals surface area (Å²) in [6.07, 6.45) is 5.72. The van der Waals surface area contributed by atoms with Crippen molar-refractivity contribution in [3.8, 4) is 0 Å². The van der Waals surface area contributed by atoms with Gasteiger partial charge in [0, 0.05) is 45.2 Å². The topological polar surface area (TPSA) is 61.4 Å². The first-order valence-electron chi connectivity index (χ1n) is 7.68. The van der Waals surface area contributed by atoms with Gasteiger partial charge in [0.1, 0.15) is 18.0 Å². The van der Waals surface area contributed by atoms with Crippen LogP contribution in [0.1, 0.15) is 25.7 Å². The molecule has 6 nitrogen and oxygen atoms in total. The van der Waals surface area contributed by atoms with Gasteiger partial charge in [-0.05, 0) is 25.7 Å². The number of carbonyl (C=O) groups excluding carboxylic acids is 1. The van der Waals surface area contributed by atoms with Crippen LogP contribution in [0.15, 0.2) is 12.4 Å². The summed E-state index contributed by atoms with van der Waals surface area (Å²) in [5, 5.41) is 3.11. The van der Waals surface area contributed by atoms with Crippen LogP contribution in [0.25, 0.3) is 0 Å². The molecule has 1 saturated heterocycles. The summed E-state index contributed by atoms with van der Waals surface area (Å²) < 4.78 is 0. The molecule has 0 unspecified atom stereocenters. The van der Waals surface area contributed by atoms with Crippen LogP contribution in [0.3, 0.4) is 0 Å². The first-order valence-corrected chi connectivity index (χ1v) is 7.68. The van der Waals surface area contributed by atoms with Gasteiger partial charge in [-0.15, -0.1) is 0 Å². The van der Waals surface area contributed by atoms with E-state index in [9.17, 15) is 4.79 Å². The third-order valence-electron chi connectivity index (χ3n) is 4.21. The molecule has 2 heterocycles. The lowest BCUT2D eigenvalue weighted by Gasteiger charge is -2.32. The zero-order valence-electron chi connectivity index (χ0n) is 12.7. The van der Waals surface area contributed by atoms with Crippen LogP contribution in [0.4, 0.5) is 11.6 Å². The maximum atomic E-state index is 12.1. The predicted octanol–water partition coefficient (Wildman–Crippen LogP) is 1.04. The van der Waals surface area contributed by atoms with Crippen molar-refractivity contribution in [1.29, 1.82) is 0 Å². The van der Waals surface area contributed by atoms with Crippen LogP contribution in [0, 0.1) is 5.92 Å². The molecule has 2 fully saturated rings. The summed E-state index contributed by atoms with van der Waals surface area (Å²) in [6, 6.07) is 2.46. The van der Waals surface area contributed by atoms with Crippen LogP contribution in [-0.4, -0.2) is 49.1 Å². The van der Waals surface area contributed by atoms with Gasteiger partial charge in [-0.25, -0.2) is 9.97 Å². The van der Waals surface area contributed by atoms with Crippen LogP contribution in [-0.2, 0) is 4.79 Å². The van der Waals surface area contributed by atoms with Crippen molar-refractivity contribution in [2.45, 2.75) is 31.7 Å². The Balaban J connectivity index is 1.57. The molecule has 2 aliphatic rings. The molecule has 21 heavy (non-hydrogen) atoms. The lowest BCUT2D eigenvalue weighted by Crippen LogP contribution is -2.41. The zero-order valence-corrected chi connectivity index (χ0v) is 12.7. The van der Waals surface area contributed by atoms with Crippen molar-refractivity contribution in [1.82, 2.24) is 15.3 Å². The smallest absolute Gasteiger partial charge is 0.223 e. The number of carbonyl (C=O) groups is 1. The van der Waals surface area contributed by atoms with Gasteiger partial charge in [-0.1, -0.05) is 0 Å². The maximum Gasteiger partial charge on any atom is 0.223 e. The molecule has 6 heteroatoms. The van der Waals surface area contributed by atoms with E-state index < -0.39 is 0 Å². The van der Waals surface area contributed by atoms with Gasteiger partial charge in [-0.2, -0.15) is 0 Å². The van der Waals surface area contributed by atoms with Gasteiger partial charge in [-0.3, -0.25) is 4.79 Å². The van der Waals surface area contributed by atoms with Gasteiger partial charge in [0.05, 0.1) is 0 Å². The van der Waals surface area contributed by atoms with Gasteiger partial charge >= 0.3 is 0 Å². The second-order valence-corrected chi connectivity index (χ2v) is 6.17. The Bertz CT molecular complexity index is 507. The first-order chi connectivity index (χ1) is 10.1. The molecular formula is C15H23N5O. The Morgan fingerprint density at radius 2 is 1.95 bits per heavy atom. The second kappa shape index (κ2) is 5.87. The molecule has 0 atom stereocenters. The molecule has 1 N–H and O–H groups in total. The molecule has 0 spiro atoms.